The Hall–Kier alpha value is -1.20. The summed E-state index contributed by atoms with van der Waals surface area (Å²) in [7, 11) is 0. The molecule has 2 aliphatic heterocycles. The molecule has 0 radical (unpaired) electrons. The smallest absolute Gasteiger partial charge is 0.225 e. The van der Waals surface area contributed by atoms with Crippen LogP contribution < -0.4 is 4.90 Å². The maximum absolute atomic E-state index is 6.05. The van der Waals surface area contributed by atoms with Crippen molar-refractivity contribution in [3.63, 3.8) is 0 Å². The van der Waals surface area contributed by atoms with Crippen LogP contribution in [0.1, 0.15) is 31.4 Å². The summed E-state index contributed by atoms with van der Waals surface area (Å²) in [6, 6.07) is 1.95. The summed E-state index contributed by atoms with van der Waals surface area (Å²) in [4.78, 5) is 13.8. The molecule has 0 saturated carbocycles. The lowest BCUT2D eigenvalue weighted by Crippen LogP contribution is -2.42. The molecule has 1 aromatic heterocycles. The summed E-state index contributed by atoms with van der Waals surface area (Å²) in [6.45, 7) is 8.25. The van der Waals surface area contributed by atoms with Gasteiger partial charge in [0, 0.05) is 38.1 Å². The van der Waals surface area contributed by atoms with Gasteiger partial charge in [-0.25, -0.2) is 9.97 Å². The van der Waals surface area contributed by atoms with Crippen LogP contribution in [0.4, 0.5) is 5.95 Å². The van der Waals surface area contributed by atoms with Gasteiger partial charge in [0.25, 0.3) is 0 Å². The van der Waals surface area contributed by atoms with Crippen molar-refractivity contribution in [2.45, 2.75) is 38.7 Å². The fraction of sp³-hybridized carbons (Fsp3) is 0.750. The molecule has 2 saturated heterocycles. The number of rotatable bonds is 3. The molecular formula is C16H26N4O. The van der Waals surface area contributed by atoms with Crippen LogP contribution in [0.5, 0.6) is 0 Å². The first kappa shape index (κ1) is 14.7. The van der Waals surface area contributed by atoms with Gasteiger partial charge in [0.05, 0.1) is 6.10 Å². The zero-order valence-electron chi connectivity index (χ0n) is 13.0. The van der Waals surface area contributed by atoms with Gasteiger partial charge in [0.2, 0.25) is 5.95 Å². The van der Waals surface area contributed by atoms with Crippen LogP contribution in [0.15, 0.2) is 12.3 Å². The molecule has 116 valence electrons. The van der Waals surface area contributed by atoms with Gasteiger partial charge in [-0.2, -0.15) is 0 Å². The molecule has 0 aliphatic carbocycles. The first-order valence-electron chi connectivity index (χ1n) is 8.20. The van der Waals surface area contributed by atoms with Crippen LogP contribution in [-0.4, -0.2) is 60.3 Å². The third-order valence-electron chi connectivity index (χ3n) is 4.33. The van der Waals surface area contributed by atoms with E-state index in [2.05, 4.69) is 19.8 Å². The highest BCUT2D eigenvalue weighted by Crippen LogP contribution is 2.16. The Bertz CT molecular complexity index is 448. The average Bonchev–Trinajstić information content (AvgIpc) is 2.74. The number of hydrogen-bond donors (Lipinski definition) is 0. The van der Waals surface area contributed by atoms with Crippen molar-refractivity contribution in [2.24, 2.45) is 0 Å². The third kappa shape index (κ3) is 4.14. The zero-order chi connectivity index (χ0) is 14.5. The summed E-state index contributed by atoms with van der Waals surface area (Å²) in [5.41, 5.74) is 1.03. The van der Waals surface area contributed by atoms with Crippen LogP contribution >= 0.6 is 0 Å². The van der Waals surface area contributed by atoms with Gasteiger partial charge in [-0.15, -0.1) is 0 Å². The molecule has 1 atom stereocenters. The van der Waals surface area contributed by atoms with Gasteiger partial charge in [-0.1, -0.05) is 6.42 Å². The Kier molecular flexibility index (Phi) is 5.04. The van der Waals surface area contributed by atoms with E-state index >= 15 is 0 Å². The van der Waals surface area contributed by atoms with Gasteiger partial charge in [0.1, 0.15) is 0 Å². The van der Waals surface area contributed by atoms with Crippen LogP contribution in [0.2, 0.25) is 0 Å². The predicted molar refractivity (Wildman–Crippen MR) is 83.6 cm³/mol. The fourth-order valence-corrected chi connectivity index (χ4v) is 3.21. The quantitative estimate of drug-likeness (QED) is 0.850. The normalized spacial score (nSPS) is 24.8. The topological polar surface area (TPSA) is 41.5 Å². The molecular weight excluding hydrogens is 264 g/mol. The van der Waals surface area contributed by atoms with Gasteiger partial charge >= 0.3 is 0 Å². The maximum Gasteiger partial charge on any atom is 0.225 e. The summed E-state index contributed by atoms with van der Waals surface area (Å²) in [5.74, 6) is 0.851. The summed E-state index contributed by atoms with van der Waals surface area (Å²) >= 11 is 0. The maximum atomic E-state index is 6.05. The standard InChI is InChI=1S/C16H26N4O/c1-14-6-7-17-16(18-14)20-10-5-11-21-15(13-20)12-19-8-3-2-4-9-19/h6-7,15H,2-5,8-13H2,1H3/t15-/m0/s1. The second-order valence-corrected chi connectivity index (χ2v) is 6.15. The third-order valence-corrected chi connectivity index (χ3v) is 4.33. The van der Waals surface area contributed by atoms with Gasteiger partial charge in [0.15, 0.2) is 0 Å². The van der Waals surface area contributed by atoms with Gasteiger partial charge in [-0.3, -0.25) is 0 Å². The van der Waals surface area contributed by atoms with Crippen molar-refractivity contribution < 1.29 is 4.74 Å². The largest absolute Gasteiger partial charge is 0.375 e. The molecule has 5 nitrogen and oxygen atoms in total. The summed E-state index contributed by atoms with van der Waals surface area (Å²) in [5, 5.41) is 0. The van der Waals surface area contributed by atoms with E-state index in [1.54, 1.807) is 0 Å². The molecule has 21 heavy (non-hydrogen) atoms. The van der Waals surface area contributed by atoms with Crippen molar-refractivity contribution in [2.75, 3.05) is 44.2 Å². The fourth-order valence-electron chi connectivity index (χ4n) is 3.21. The molecule has 3 rings (SSSR count). The van der Waals surface area contributed by atoms with Crippen LogP contribution in [0.25, 0.3) is 0 Å². The monoisotopic (exact) mass is 290 g/mol. The van der Waals surface area contributed by atoms with E-state index < -0.39 is 0 Å². The number of anilines is 1. The number of aromatic nitrogens is 2. The number of ether oxygens (including phenoxy) is 1. The van der Waals surface area contributed by atoms with Gasteiger partial charge in [-0.05, 0) is 45.3 Å². The number of hydrogen-bond acceptors (Lipinski definition) is 5. The molecule has 2 aliphatic rings. The van der Waals surface area contributed by atoms with E-state index in [9.17, 15) is 0 Å². The number of piperidine rings is 1. The molecule has 1 aromatic rings. The minimum Gasteiger partial charge on any atom is -0.375 e. The summed E-state index contributed by atoms with van der Waals surface area (Å²) in [6.07, 6.45) is 7.21. The van der Waals surface area contributed by atoms with E-state index in [4.69, 9.17) is 4.74 Å². The van der Waals surface area contributed by atoms with Crippen molar-refractivity contribution in [1.82, 2.24) is 14.9 Å². The lowest BCUT2D eigenvalue weighted by Gasteiger charge is -2.31. The van der Waals surface area contributed by atoms with Gasteiger partial charge < -0.3 is 14.5 Å². The minimum atomic E-state index is 0.273. The molecule has 0 N–H and O–H groups in total. The van der Waals surface area contributed by atoms with Crippen LogP contribution in [-0.2, 0) is 4.74 Å². The van der Waals surface area contributed by atoms with Crippen molar-refractivity contribution in [3.05, 3.63) is 18.0 Å². The number of aryl methyl sites for hydroxylation is 1. The van der Waals surface area contributed by atoms with E-state index in [1.165, 1.54) is 32.4 Å². The van der Waals surface area contributed by atoms with Crippen molar-refractivity contribution in [1.29, 1.82) is 0 Å². The molecule has 0 unspecified atom stereocenters. The number of nitrogens with zero attached hydrogens (tertiary/aromatic N) is 4. The highest BCUT2D eigenvalue weighted by molar-refractivity contribution is 5.30. The van der Waals surface area contributed by atoms with Crippen LogP contribution in [0, 0.1) is 6.92 Å². The molecule has 0 bridgehead atoms. The van der Waals surface area contributed by atoms with Crippen molar-refractivity contribution in [3.8, 4) is 0 Å². The Morgan fingerprint density at radius 1 is 1.19 bits per heavy atom. The first-order chi connectivity index (χ1) is 10.3. The Morgan fingerprint density at radius 3 is 2.86 bits per heavy atom. The predicted octanol–water partition coefficient (Wildman–Crippen LogP) is 1.87. The minimum absolute atomic E-state index is 0.273. The zero-order valence-corrected chi connectivity index (χ0v) is 13.0. The average molecular weight is 290 g/mol. The first-order valence-corrected chi connectivity index (χ1v) is 8.20. The van der Waals surface area contributed by atoms with Crippen molar-refractivity contribution >= 4 is 5.95 Å². The molecule has 5 heteroatoms. The molecule has 3 heterocycles. The molecule has 0 amide bonds. The second kappa shape index (κ2) is 7.18. The highest BCUT2D eigenvalue weighted by atomic mass is 16.5. The lowest BCUT2D eigenvalue weighted by molar-refractivity contribution is 0.0349. The molecule has 0 spiro atoms. The van der Waals surface area contributed by atoms with E-state index in [1.807, 2.05) is 19.2 Å². The number of likely N-dealkylation sites (tertiary alicyclic amines) is 1. The Labute approximate surface area is 127 Å². The Balaban J connectivity index is 1.62. The lowest BCUT2D eigenvalue weighted by atomic mass is 10.1. The molecule has 2 fully saturated rings. The van der Waals surface area contributed by atoms with Crippen LogP contribution in [0.3, 0.4) is 0 Å². The van der Waals surface area contributed by atoms with E-state index in [0.29, 0.717) is 0 Å². The molecule has 0 aromatic carbocycles. The highest BCUT2D eigenvalue weighted by Gasteiger charge is 2.23. The summed E-state index contributed by atoms with van der Waals surface area (Å²) < 4.78 is 6.05. The Morgan fingerprint density at radius 2 is 2.05 bits per heavy atom. The SMILES string of the molecule is Cc1ccnc(N2CCCO[C@@H](CN3CCCCC3)C2)n1. The van der Waals surface area contributed by atoms with E-state index in [0.717, 1.165) is 44.3 Å². The van der Waals surface area contributed by atoms with E-state index in [-0.39, 0.29) is 6.10 Å². The second-order valence-electron chi connectivity index (χ2n) is 6.15.